The second-order valence-electron chi connectivity index (χ2n) is 7.62. The fraction of sp³-hybridized carbons (Fsp3) is 0.600. The van der Waals surface area contributed by atoms with Crippen LogP contribution in [0.4, 0.5) is 4.39 Å². The third kappa shape index (κ3) is 6.85. The summed E-state index contributed by atoms with van der Waals surface area (Å²) in [5.74, 6) is -1.82. The van der Waals surface area contributed by atoms with Crippen molar-refractivity contribution >= 4 is 11.9 Å². The van der Waals surface area contributed by atoms with Crippen LogP contribution in [-0.2, 0) is 19.1 Å². The minimum atomic E-state index is -0.584. The van der Waals surface area contributed by atoms with Gasteiger partial charge in [-0.25, -0.2) is 4.39 Å². The lowest BCUT2D eigenvalue weighted by atomic mass is 9.92. The Morgan fingerprint density at radius 1 is 1.16 bits per heavy atom. The zero-order valence-corrected chi connectivity index (χ0v) is 16.2. The van der Waals surface area contributed by atoms with E-state index in [1.165, 1.54) is 12.1 Å². The third-order valence-corrected chi connectivity index (χ3v) is 4.02. The van der Waals surface area contributed by atoms with Crippen LogP contribution >= 0.6 is 0 Å². The molecular weight excluding hydrogens is 323 g/mol. The maximum absolute atomic E-state index is 13.2. The first-order chi connectivity index (χ1) is 11.4. The van der Waals surface area contributed by atoms with Gasteiger partial charge in [-0.15, -0.1) is 0 Å². The van der Waals surface area contributed by atoms with E-state index in [2.05, 4.69) is 0 Å². The highest BCUT2D eigenvalue weighted by molar-refractivity contribution is 5.79. The minimum absolute atomic E-state index is 0.0211. The number of rotatable bonds is 6. The predicted molar refractivity (Wildman–Crippen MR) is 94.7 cm³/mol. The molecule has 0 spiro atoms. The number of carbonyl (C=O) groups excluding carboxylic acids is 2. The van der Waals surface area contributed by atoms with E-state index in [4.69, 9.17) is 9.47 Å². The standard InChI is InChI=1S/C20H29FO4/c1-12-10-16(21)8-9-17(12)14(3)15(4)24-19(23)13(2)11-18(22)25-20(5,6)7/h8-10,13-15H,11H2,1-7H3/t13-,14+,15-/m1/s1. The number of halogens is 1. The maximum atomic E-state index is 13.2. The molecule has 0 bridgehead atoms. The third-order valence-electron chi connectivity index (χ3n) is 4.02. The number of aryl methyl sites for hydroxylation is 1. The highest BCUT2D eigenvalue weighted by Crippen LogP contribution is 2.26. The Hall–Kier alpha value is -1.91. The van der Waals surface area contributed by atoms with Crippen LogP contribution in [0, 0.1) is 18.7 Å². The molecule has 0 aliphatic heterocycles. The van der Waals surface area contributed by atoms with Gasteiger partial charge in [0.25, 0.3) is 0 Å². The number of hydrogen-bond donors (Lipinski definition) is 0. The molecule has 0 heterocycles. The number of hydrogen-bond acceptors (Lipinski definition) is 4. The summed E-state index contributed by atoms with van der Waals surface area (Å²) in [6, 6.07) is 4.58. The van der Waals surface area contributed by atoms with E-state index in [0.717, 1.165) is 11.1 Å². The molecule has 1 aromatic rings. The van der Waals surface area contributed by atoms with Crippen LogP contribution in [0.15, 0.2) is 18.2 Å². The van der Waals surface area contributed by atoms with Gasteiger partial charge in [0.05, 0.1) is 12.3 Å². The Kier molecular flexibility index (Phi) is 7.15. The van der Waals surface area contributed by atoms with E-state index < -0.39 is 29.6 Å². The molecule has 0 fully saturated rings. The first-order valence-electron chi connectivity index (χ1n) is 8.59. The second kappa shape index (κ2) is 8.45. The molecule has 0 saturated carbocycles. The van der Waals surface area contributed by atoms with Gasteiger partial charge in [-0.05, 0) is 57.9 Å². The number of benzene rings is 1. The predicted octanol–water partition coefficient (Wildman–Crippen LogP) is 4.54. The minimum Gasteiger partial charge on any atom is -0.462 e. The van der Waals surface area contributed by atoms with Crippen molar-refractivity contribution in [3.05, 3.63) is 35.1 Å². The highest BCUT2D eigenvalue weighted by atomic mass is 19.1. The van der Waals surface area contributed by atoms with Crippen molar-refractivity contribution in [1.82, 2.24) is 0 Å². The van der Waals surface area contributed by atoms with E-state index in [-0.39, 0.29) is 18.2 Å². The van der Waals surface area contributed by atoms with Crippen molar-refractivity contribution in [2.45, 2.75) is 72.5 Å². The topological polar surface area (TPSA) is 52.6 Å². The highest BCUT2D eigenvalue weighted by Gasteiger charge is 2.26. The molecule has 0 N–H and O–H groups in total. The van der Waals surface area contributed by atoms with Gasteiger partial charge in [0.15, 0.2) is 0 Å². The molecule has 0 unspecified atom stereocenters. The smallest absolute Gasteiger partial charge is 0.309 e. The van der Waals surface area contributed by atoms with Crippen molar-refractivity contribution in [3.63, 3.8) is 0 Å². The van der Waals surface area contributed by atoms with E-state index in [9.17, 15) is 14.0 Å². The molecule has 4 nitrogen and oxygen atoms in total. The Morgan fingerprint density at radius 3 is 2.28 bits per heavy atom. The van der Waals surface area contributed by atoms with Gasteiger partial charge < -0.3 is 9.47 Å². The maximum Gasteiger partial charge on any atom is 0.309 e. The summed E-state index contributed by atoms with van der Waals surface area (Å²) in [4.78, 5) is 24.1. The number of esters is 2. The molecule has 0 aromatic heterocycles. The van der Waals surface area contributed by atoms with Crippen LogP contribution in [0.2, 0.25) is 0 Å². The number of carbonyl (C=O) groups is 2. The van der Waals surface area contributed by atoms with Crippen LogP contribution in [0.3, 0.4) is 0 Å². The van der Waals surface area contributed by atoms with E-state index in [1.54, 1.807) is 40.7 Å². The fourth-order valence-electron chi connectivity index (χ4n) is 2.52. The first-order valence-corrected chi connectivity index (χ1v) is 8.59. The van der Waals surface area contributed by atoms with Crippen molar-refractivity contribution in [2.24, 2.45) is 5.92 Å². The van der Waals surface area contributed by atoms with E-state index >= 15 is 0 Å². The molecular formula is C20H29FO4. The summed E-state index contributed by atoms with van der Waals surface area (Å²) < 4.78 is 24.0. The Morgan fingerprint density at radius 2 is 1.76 bits per heavy atom. The van der Waals surface area contributed by atoms with Gasteiger partial charge in [-0.2, -0.15) is 0 Å². The molecule has 0 aliphatic carbocycles. The average Bonchev–Trinajstić information content (AvgIpc) is 2.44. The summed E-state index contributed by atoms with van der Waals surface area (Å²) in [5, 5.41) is 0. The molecule has 1 rings (SSSR count). The van der Waals surface area contributed by atoms with Crippen LogP contribution in [-0.4, -0.2) is 23.6 Å². The molecule has 0 saturated heterocycles. The van der Waals surface area contributed by atoms with Crippen LogP contribution in [0.25, 0.3) is 0 Å². The van der Waals surface area contributed by atoms with E-state index in [1.807, 2.05) is 13.8 Å². The lowest BCUT2D eigenvalue weighted by Gasteiger charge is -2.24. The molecule has 3 atom stereocenters. The fourth-order valence-corrected chi connectivity index (χ4v) is 2.52. The summed E-state index contributed by atoms with van der Waals surface area (Å²) in [6.45, 7) is 12.5. The lowest BCUT2D eigenvalue weighted by Crippen LogP contribution is -2.29. The monoisotopic (exact) mass is 352 g/mol. The van der Waals surface area contributed by atoms with Crippen LogP contribution < -0.4 is 0 Å². The Bertz CT molecular complexity index is 619. The van der Waals surface area contributed by atoms with Crippen LogP contribution in [0.5, 0.6) is 0 Å². The molecule has 5 heteroatoms. The van der Waals surface area contributed by atoms with Gasteiger partial charge in [-0.1, -0.05) is 19.9 Å². The van der Waals surface area contributed by atoms with Gasteiger partial charge in [0, 0.05) is 5.92 Å². The van der Waals surface area contributed by atoms with Crippen molar-refractivity contribution in [1.29, 1.82) is 0 Å². The Labute approximate surface area is 149 Å². The zero-order chi connectivity index (χ0) is 19.4. The van der Waals surface area contributed by atoms with Gasteiger partial charge >= 0.3 is 11.9 Å². The number of ether oxygens (including phenoxy) is 2. The molecule has 25 heavy (non-hydrogen) atoms. The van der Waals surface area contributed by atoms with Crippen molar-refractivity contribution in [3.8, 4) is 0 Å². The van der Waals surface area contributed by atoms with E-state index in [0.29, 0.717) is 0 Å². The van der Waals surface area contributed by atoms with Crippen molar-refractivity contribution in [2.75, 3.05) is 0 Å². The largest absolute Gasteiger partial charge is 0.462 e. The van der Waals surface area contributed by atoms with Crippen molar-refractivity contribution < 1.29 is 23.5 Å². The second-order valence-corrected chi connectivity index (χ2v) is 7.62. The molecule has 0 aliphatic rings. The van der Waals surface area contributed by atoms with Gasteiger partial charge in [0.2, 0.25) is 0 Å². The summed E-state index contributed by atoms with van der Waals surface area (Å²) >= 11 is 0. The van der Waals surface area contributed by atoms with Crippen LogP contribution in [0.1, 0.15) is 65.0 Å². The summed E-state index contributed by atoms with van der Waals surface area (Å²) in [6.07, 6.45) is -0.412. The molecule has 0 radical (unpaired) electrons. The van der Waals surface area contributed by atoms with Gasteiger partial charge in [-0.3, -0.25) is 9.59 Å². The lowest BCUT2D eigenvalue weighted by molar-refractivity contribution is -0.163. The quantitative estimate of drug-likeness (QED) is 0.706. The average molecular weight is 352 g/mol. The normalized spacial score (nSPS) is 15.2. The SMILES string of the molecule is Cc1cc(F)ccc1[C@@H](C)[C@@H](C)OC(=O)[C@H](C)CC(=O)OC(C)(C)C. The van der Waals surface area contributed by atoms with Gasteiger partial charge in [0.1, 0.15) is 17.5 Å². The summed E-state index contributed by atoms with van der Waals surface area (Å²) in [5.41, 5.74) is 1.17. The molecule has 1 aromatic carbocycles. The first kappa shape index (κ1) is 21.1. The zero-order valence-electron chi connectivity index (χ0n) is 16.2. The molecule has 140 valence electrons. The molecule has 0 amide bonds. The Balaban J connectivity index is 2.64. The summed E-state index contributed by atoms with van der Waals surface area (Å²) in [7, 11) is 0.